The lowest BCUT2D eigenvalue weighted by Gasteiger charge is -2.35. The van der Waals surface area contributed by atoms with Crippen LogP contribution in [0.15, 0.2) is 41.6 Å². The van der Waals surface area contributed by atoms with Crippen LogP contribution in [0.25, 0.3) is 11.0 Å². The van der Waals surface area contributed by atoms with Crippen LogP contribution in [0.2, 0.25) is 0 Å². The van der Waals surface area contributed by atoms with Crippen molar-refractivity contribution in [3.63, 3.8) is 0 Å². The van der Waals surface area contributed by atoms with Gasteiger partial charge in [0, 0.05) is 50.0 Å². The number of aldehydes is 1. The molecule has 0 amide bonds. The number of anilines is 3. The van der Waals surface area contributed by atoms with Gasteiger partial charge in [0.2, 0.25) is 5.95 Å². The summed E-state index contributed by atoms with van der Waals surface area (Å²) in [5, 5.41) is 4.48. The van der Waals surface area contributed by atoms with Gasteiger partial charge in [-0.05, 0) is 30.3 Å². The molecular weight excluding hydrogens is 376 g/mol. The second kappa shape index (κ2) is 8.07. The van der Waals surface area contributed by atoms with Crippen molar-refractivity contribution >= 4 is 45.4 Å². The predicted molar refractivity (Wildman–Crippen MR) is 111 cm³/mol. The molecule has 146 valence electrons. The van der Waals surface area contributed by atoms with Crippen molar-refractivity contribution in [3.05, 3.63) is 36.5 Å². The third kappa shape index (κ3) is 3.90. The number of carbonyl (C=O) groups excluding carboxylic acids is 1. The first-order valence-corrected chi connectivity index (χ1v) is 10.7. The summed E-state index contributed by atoms with van der Waals surface area (Å²) < 4.78 is 12.0. The molecule has 1 fully saturated rings. The summed E-state index contributed by atoms with van der Waals surface area (Å²) in [7, 11) is -1.21. The first-order chi connectivity index (χ1) is 13.6. The van der Waals surface area contributed by atoms with E-state index in [9.17, 15) is 9.00 Å². The zero-order valence-corrected chi connectivity index (χ0v) is 16.4. The van der Waals surface area contributed by atoms with Gasteiger partial charge in [0.15, 0.2) is 0 Å². The number of carbonyl (C=O) groups is 1. The summed E-state index contributed by atoms with van der Waals surface area (Å²) in [5.74, 6) is 0.412. The van der Waals surface area contributed by atoms with Crippen LogP contribution in [0.1, 0.15) is 0 Å². The maximum absolute atomic E-state index is 12.0. The summed E-state index contributed by atoms with van der Waals surface area (Å²) in [6, 6.07) is 9.92. The van der Waals surface area contributed by atoms with E-state index in [-0.39, 0.29) is 0 Å². The summed E-state index contributed by atoms with van der Waals surface area (Å²) in [4.78, 5) is 27.0. The van der Waals surface area contributed by atoms with E-state index in [0.717, 1.165) is 49.2 Å². The Morgan fingerprint density at radius 1 is 1.14 bits per heavy atom. The van der Waals surface area contributed by atoms with Crippen molar-refractivity contribution in [1.29, 1.82) is 0 Å². The van der Waals surface area contributed by atoms with E-state index in [1.807, 2.05) is 18.2 Å². The van der Waals surface area contributed by atoms with Crippen LogP contribution < -0.4 is 10.2 Å². The van der Waals surface area contributed by atoms with Crippen molar-refractivity contribution in [1.82, 2.24) is 19.9 Å². The smallest absolute Gasteiger partial charge is 0.230 e. The first kappa shape index (κ1) is 18.6. The van der Waals surface area contributed by atoms with Gasteiger partial charge in [-0.2, -0.15) is 4.98 Å². The third-order valence-corrected chi connectivity index (χ3v) is 5.70. The molecule has 4 rings (SSSR count). The minimum atomic E-state index is -1.21. The quantitative estimate of drug-likeness (QED) is 0.483. The Hall–Kier alpha value is -2.78. The normalized spacial score (nSPS) is 16.2. The second-order valence-corrected chi connectivity index (χ2v) is 7.97. The molecule has 1 aliphatic heterocycles. The van der Waals surface area contributed by atoms with Crippen molar-refractivity contribution in [2.24, 2.45) is 0 Å². The van der Waals surface area contributed by atoms with Crippen LogP contribution in [-0.4, -0.2) is 69.3 Å². The minimum Gasteiger partial charge on any atom is -0.369 e. The molecule has 2 aromatic heterocycles. The molecule has 0 aliphatic carbocycles. The summed E-state index contributed by atoms with van der Waals surface area (Å²) in [6.45, 7) is 4.09. The maximum atomic E-state index is 12.0. The van der Waals surface area contributed by atoms with Crippen LogP contribution in [0, 0.1) is 0 Å². The molecule has 0 saturated carbocycles. The van der Waals surface area contributed by atoms with E-state index in [1.54, 1.807) is 12.5 Å². The highest BCUT2D eigenvalue weighted by Crippen LogP contribution is 2.23. The average Bonchev–Trinajstić information content (AvgIpc) is 3.17. The van der Waals surface area contributed by atoms with Crippen LogP contribution in [0.4, 0.5) is 17.3 Å². The predicted octanol–water partition coefficient (Wildman–Crippen LogP) is 1.76. The van der Waals surface area contributed by atoms with Gasteiger partial charge in [-0.1, -0.05) is 0 Å². The highest BCUT2D eigenvalue weighted by atomic mass is 32.2. The van der Waals surface area contributed by atoms with Gasteiger partial charge in [0.05, 0.1) is 22.7 Å². The molecule has 1 saturated heterocycles. The van der Waals surface area contributed by atoms with Gasteiger partial charge >= 0.3 is 0 Å². The third-order valence-electron chi connectivity index (χ3n) is 4.85. The molecule has 1 aliphatic rings. The lowest BCUT2D eigenvalue weighted by atomic mass is 10.2. The molecule has 28 heavy (non-hydrogen) atoms. The molecule has 2 N–H and O–H groups in total. The van der Waals surface area contributed by atoms with Crippen LogP contribution in [-0.2, 0) is 15.6 Å². The largest absolute Gasteiger partial charge is 0.369 e. The van der Waals surface area contributed by atoms with Crippen molar-refractivity contribution in [3.8, 4) is 0 Å². The van der Waals surface area contributed by atoms with E-state index in [2.05, 4.69) is 42.2 Å². The summed E-state index contributed by atoms with van der Waals surface area (Å²) in [6.07, 6.45) is 4.34. The average molecular weight is 398 g/mol. The number of H-pyrrole nitrogens is 1. The van der Waals surface area contributed by atoms with E-state index in [4.69, 9.17) is 0 Å². The SMILES string of the molecule is CS(=O)c1nc(Nc2ccc(N3CCN(CC=O)CC3)cc2)nc2[nH]ccc12. The van der Waals surface area contributed by atoms with Gasteiger partial charge in [0.25, 0.3) is 0 Å². The fraction of sp³-hybridized carbons (Fsp3) is 0.316. The zero-order valence-electron chi connectivity index (χ0n) is 15.6. The molecular formula is C19H22N6O2S. The number of aromatic nitrogens is 3. The first-order valence-electron chi connectivity index (χ1n) is 9.10. The topological polar surface area (TPSA) is 94.2 Å². The molecule has 0 bridgehead atoms. The monoisotopic (exact) mass is 398 g/mol. The molecule has 3 heterocycles. The highest BCUT2D eigenvalue weighted by Gasteiger charge is 2.17. The fourth-order valence-electron chi connectivity index (χ4n) is 3.37. The number of hydrogen-bond donors (Lipinski definition) is 2. The standard InChI is InChI=1S/C19H22N6O2S/c1-28(27)18-16-6-7-20-17(16)22-19(23-18)21-14-2-4-15(5-3-14)25-10-8-24(9-11-25)12-13-26/h2-7,13H,8-12H2,1H3,(H2,20,21,22,23). The lowest BCUT2D eigenvalue weighted by molar-refractivity contribution is -0.108. The Morgan fingerprint density at radius 3 is 2.57 bits per heavy atom. The van der Waals surface area contributed by atoms with Crippen LogP contribution >= 0.6 is 0 Å². The summed E-state index contributed by atoms with van der Waals surface area (Å²) in [5.41, 5.74) is 2.67. The van der Waals surface area contributed by atoms with Gasteiger partial charge in [-0.25, -0.2) is 4.98 Å². The Kier molecular flexibility index (Phi) is 5.36. The molecule has 9 heteroatoms. The van der Waals surface area contributed by atoms with Gasteiger partial charge in [0.1, 0.15) is 17.0 Å². The molecule has 1 atom stereocenters. The Balaban J connectivity index is 1.47. The van der Waals surface area contributed by atoms with Gasteiger partial charge < -0.3 is 20.0 Å². The molecule has 1 unspecified atom stereocenters. The number of benzene rings is 1. The van der Waals surface area contributed by atoms with Crippen LogP contribution in [0.5, 0.6) is 0 Å². The van der Waals surface area contributed by atoms with Crippen LogP contribution in [0.3, 0.4) is 0 Å². The highest BCUT2D eigenvalue weighted by molar-refractivity contribution is 7.84. The fourth-order valence-corrected chi connectivity index (χ4v) is 4.06. The van der Waals surface area contributed by atoms with E-state index >= 15 is 0 Å². The minimum absolute atomic E-state index is 0.412. The molecule has 0 spiro atoms. The molecule has 0 radical (unpaired) electrons. The molecule has 8 nitrogen and oxygen atoms in total. The Bertz CT molecular complexity index is 995. The van der Waals surface area contributed by atoms with E-state index in [1.165, 1.54) is 0 Å². The number of nitrogens with zero attached hydrogens (tertiary/aromatic N) is 4. The maximum Gasteiger partial charge on any atom is 0.230 e. The number of nitrogens with one attached hydrogen (secondary N) is 2. The zero-order chi connectivity index (χ0) is 19.5. The van der Waals surface area contributed by atoms with Crippen molar-refractivity contribution in [2.75, 3.05) is 49.2 Å². The Morgan fingerprint density at radius 2 is 1.89 bits per heavy atom. The van der Waals surface area contributed by atoms with E-state index < -0.39 is 10.8 Å². The number of rotatable bonds is 6. The number of piperazine rings is 1. The summed E-state index contributed by atoms with van der Waals surface area (Å²) >= 11 is 0. The van der Waals surface area contributed by atoms with Crippen molar-refractivity contribution in [2.45, 2.75) is 5.03 Å². The number of aromatic amines is 1. The number of hydrogen-bond acceptors (Lipinski definition) is 7. The number of fused-ring (bicyclic) bond motifs is 1. The molecule has 1 aromatic carbocycles. The van der Waals surface area contributed by atoms with Gasteiger partial charge in [-0.15, -0.1) is 0 Å². The molecule has 3 aromatic rings. The Labute approximate surface area is 165 Å². The van der Waals surface area contributed by atoms with E-state index in [0.29, 0.717) is 23.2 Å². The van der Waals surface area contributed by atoms with Gasteiger partial charge in [-0.3, -0.25) is 9.11 Å². The lowest BCUT2D eigenvalue weighted by Crippen LogP contribution is -2.46. The second-order valence-electron chi connectivity index (χ2n) is 6.67. The van der Waals surface area contributed by atoms with Crippen molar-refractivity contribution < 1.29 is 9.00 Å².